The van der Waals surface area contributed by atoms with Gasteiger partial charge >= 0.3 is 0 Å². The van der Waals surface area contributed by atoms with Gasteiger partial charge in [-0.1, -0.05) is 6.07 Å². The summed E-state index contributed by atoms with van der Waals surface area (Å²) in [5, 5.41) is 1.96. The van der Waals surface area contributed by atoms with Crippen LogP contribution >= 0.6 is 0 Å². The Hall–Kier alpha value is -1.54. The van der Waals surface area contributed by atoms with E-state index >= 15 is 0 Å². The highest BCUT2D eigenvalue weighted by Gasteiger charge is 2.06. The average Bonchev–Trinajstić information content (AvgIpc) is 2.14. The van der Waals surface area contributed by atoms with Crippen molar-refractivity contribution >= 4 is 9.84 Å². The molecule has 0 fully saturated rings. The topological polar surface area (TPSA) is 43.4 Å². The zero-order chi connectivity index (χ0) is 11.5. The van der Waals surface area contributed by atoms with Crippen LogP contribution in [0.2, 0.25) is 0 Å². The van der Waals surface area contributed by atoms with Crippen molar-refractivity contribution in [3.05, 3.63) is 29.6 Å². The van der Waals surface area contributed by atoms with Gasteiger partial charge in [0.15, 0.2) is 0 Å². The fraction of sp³-hybridized carbons (Fsp3) is 0.200. The van der Waals surface area contributed by atoms with E-state index in [2.05, 4.69) is 5.92 Å². The number of benzene rings is 1. The van der Waals surface area contributed by atoms with Crippen molar-refractivity contribution in [2.75, 3.05) is 13.4 Å². The van der Waals surface area contributed by atoms with Crippen LogP contribution in [0.25, 0.3) is 0 Å². The van der Waals surface area contributed by atoms with Gasteiger partial charge in [0.05, 0.1) is 13.4 Å². The van der Waals surface area contributed by atoms with E-state index in [4.69, 9.17) is 4.74 Å². The van der Waals surface area contributed by atoms with E-state index in [-0.39, 0.29) is 11.3 Å². The van der Waals surface area contributed by atoms with Gasteiger partial charge in [-0.15, -0.1) is 0 Å². The Morgan fingerprint density at radius 1 is 1.40 bits per heavy atom. The van der Waals surface area contributed by atoms with Crippen molar-refractivity contribution in [3.63, 3.8) is 0 Å². The van der Waals surface area contributed by atoms with Gasteiger partial charge in [-0.05, 0) is 18.1 Å². The van der Waals surface area contributed by atoms with Crippen LogP contribution in [0.15, 0.2) is 18.2 Å². The predicted molar refractivity (Wildman–Crippen MR) is 54.7 cm³/mol. The normalized spacial score (nSPS) is 10.3. The molecule has 0 N–H and O–H groups in total. The van der Waals surface area contributed by atoms with Crippen LogP contribution < -0.4 is 4.74 Å². The van der Waals surface area contributed by atoms with E-state index in [9.17, 15) is 12.8 Å². The third-order valence-electron chi connectivity index (χ3n) is 1.56. The average molecular weight is 228 g/mol. The first kappa shape index (κ1) is 11.5. The summed E-state index contributed by atoms with van der Waals surface area (Å²) < 4.78 is 39.6. The molecular formula is C10H9FO3S. The lowest BCUT2D eigenvalue weighted by atomic mass is 10.2. The van der Waals surface area contributed by atoms with E-state index in [1.54, 1.807) is 0 Å². The summed E-state index contributed by atoms with van der Waals surface area (Å²) in [5.74, 6) is 1.84. The molecule has 0 aliphatic heterocycles. The number of hydrogen-bond donors (Lipinski definition) is 0. The molecule has 0 bridgehead atoms. The maximum Gasteiger partial charge on any atom is 0.214 e. The number of hydrogen-bond acceptors (Lipinski definition) is 3. The van der Waals surface area contributed by atoms with Gasteiger partial charge in [-0.25, -0.2) is 12.8 Å². The summed E-state index contributed by atoms with van der Waals surface area (Å²) in [6.45, 7) is 0. The van der Waals surface area contributed by atoms with Crippen LogP contribution in [0.5, 0.6) is 5.75 Å². The zero-order valence-corrected chi connectivity index (χ0v) is 9.06. The molecule has 5 heteroatoms. The minimum atomic E-state index is -3.45. The van der Waals surface area contributed by atoms with Crippen molar-refractivity contribution in [1.29, 1.82) is 0 Å². The fourth-order valence-corrected chi connectivity index (χ4v) is 1.23. The summed E-state index contributed by atoms with van der Waals surface area (Å²) in [6.07, 6.45) is 0.952. The number of halogens is 1. The summed E-state index contributed by atoms with van der Waals surface area (Å²) in [4.78, 5) is 0. The Morgan fingerprint density at radius 3 is 2.60 bits per heavy atom. The molecule has 15 heavy (non-hydrogen) atoms. The van der Waals surface area contributed by atoms with Crippen molar-refractivity contribution in [3.8, 4) is 16.9 Å². The molecule has 0 aromatic heterocycles. The predicted octanol–water partition coefficient (Wildman–Crippen LogP) is 1.19. The van der Waals surface area contributed by atoms with Crippen LogP contribution in [0.1, 0.15) is 5.56 Å². The standard InChI is InChI=1S/C10H9FO3S/c1-14-10-5-3-4-9(11)8(10)6-7-15(2,12)13/h3-5H,1-2H3. The molecule has 0 spiro atoms. The molecule has 0 saturated carbocycles. The van der Waals surface area contributed by atoms with Crippen LogP contribution in [-0.4, -0.2) is 21.8 Å². The van der Waals surface area contributed by atoms with Crippen molar-refractivity contribution in [2.24, 2.45) is 0 Å². The second-order valence-corrected chi connectivity index (χ2v) is 4.56. The highest BCUT2D eigenvalue weighted by atomic mass is 32.2. The maximum atomic E-state index is 13.2. The van der Waals surface area contributed by atoms with Gasteiger partial charge in [-0.3, -0.25) is 0 Å². The molecule has 0 radical (unpaired) electrons. The Labute approximate surface area is 87.8 Å². The van der Waals surface area contributed by atoms with Crippen molar-refractivity contribution < 1.29 is 17.5 Å². The molecule has 0 aliphatic rings. The Morgan fingerprint density at radius 2 is 2.07 bits per heavy atom. The Kier molecular flexibility index (Phi) is 3.32. The Bertz CT molecular complexity index is 523. The molecule has 1 aromatic rings. The van der Waals surface area contributed by atoms with Crippen LogP contribution in [-0.2, 0) is 9.84 Å². The van der Waals surface area contributed by atoms with Gasteiger partial charge in [0.2, 0.25) is 9.84 Å². The monoisotopic (exact) mass is 228 g/mol. The lowest BCUT2D eigenvalue weighted by Gasteiger charge is -2.02. The van der Waals surface area contributed by atoms with E-state index < -0.39 is 15.7 Å². The lowest BCUT2D eigenvalue weighted by molar-refractivity contribution is 0.409. The number of methoxy groups -OCH3 is 1. The third kappa shape index (κ3) is 3.26. The Balaban J connectivity index is 3.29. The highest BCUT2D eigenvalue weighted by molar-refractivity contribution is 7.95. The zero-order valence-electron chi connectivity index (χ0n) is 8.24. The van der Waals surface area contributed by atoms with Crippen LogP contribution in [0.3, 0.4) is 0 Å². The van der Waals surface area contributed by atoms with Gasteiger partial charge in [0.25, 0.3) is 0 Å². The largest absolute Gasteiger partial charge is 0.495 e. The highest BCUT2D eigenvalue weighted by Crippen LogP contribution is 2.19. The summed E-state index contributed by atoms with van der Waals surface area (Å²) in [7, 11) is -2.09. The first-order chi connectivity index (χ1) is 6.94. The van der Waals surface area contributed by atoms with E-state index in [0.717, 1.165) is 6.26 Å². The van der Waals surface area contributed by atoms with E-state index in [1.165, 1.54) is 25.3 Å². The summed E-state index contributed by atoms with van der Waals surface area (Å²) >= 11 is 0. The molecule has 0 atom stereocenters. The van der Waals surface area contributed by atoms with E-state index in [1.807, 2.05) is 5.25 Å². The molecule has 0 aliphatic carbocycles. The third-order valence-corrected chi connectivity index (χ3v) is 2.03. The second kappa shape index (κ2) is 4.32. The maximum absolute atomic E-state index is 13.2. The molecule has 0 unspecified atom stereocenters. The lowest BCUT2D eigenvalue weighted by Crippen LogP contribution is -1.93. The SMILES string of the molecule is COc1cccc(F)c1C#CS(C)(=O)=O. The molecule has 0 heterocycles. The number of rotatable bonds is 1. The van der Waals surface area contributed by atoms with Gasteiger partial charge in [-0.2, -0.15) is 0 Å². The van der Waals surface area contributed by atoms with Gasteiger partial charge in [0, 0.05) is 5.25 Å². The van der Waals surface area contributed by atoms with Crippen molar-refractivity contribution in [1.82, 2.24) is 0 Å². The van der Waals surface area contributed by atoms with Gasteiger partial charge < -0.3 is 4.74 Å². The first-order valence-corrected chi connectivity index (χ1v) is 5.88. The van der Waals surface area contributed by atoms with Gasteiger partial charge in [0.1, 0.15) is 17.1 Å². The van der Waals surface area contributed by atoms with Crippen LogP contribution in [0, 0.1) is 17.0 Å². The molecular weight excluding hydrogens is 219 g/mol. The summed E-state index contributed by atoms with van der Waals surface area (Å²) in [6, 6.07) is 4.16. The quantitative estimate of drug-likeness (QED) is 0.678. The minimum Gasteiger partial charge on any atom is -0.495 e. The van der Waals surface area contributed by atoms with Crippen molar-refractivity contribution in [2.45, 2.75) is 0 Å². The molecule has 0 amide bonds. The summed E-state index contributed by atoms with van der Waals surface area (Å²) in [5.41, 5.74) is -0.0505. The molecule has 1 rings (SSSR count). The van der Waals surface area contributed by atoms with E-state index in [0.29, 0.717) is 0 Å². The fourth-order valence-electron chi connectivity index (χ4n) is 0.939. The molecule has 0 saturated heterocycles. The smallest absolute Gasteiger partial charge is 0.214 e. The molecule has 3 nitrogen and oxygen atoms in total. The van der Waals surface area contributed by atoms with Crippen LogP contribution in [0.4, 0.5) is 4.39 Å². The second-order valence-electron chi connectivity index (χ2n) is 2.82. The minimum absolute atomic E-state index is 0.0505. The molecule has 80 valence electrons. The first-order valence-electron chi connectivity index (χ1n) is 3.99. The number of ether oxygens (including phenoxy) is 1. The number of sulfone groups is 1. The molecule has 1 aromatic carbocycles.